The van der Waals surface area contributed by atoms with Gasteiger partial charge in [-0.25, -0.2) is 4.98 Å². The number of hydrogen-bond donors (Lipinski definition) is 0. The molecule has 3 heterocycles. The molecule has 0 atom stereocenters. The number of fused-ring (bicyclic) bond motifs is 3. The first-order valence-corrected chi connectivity index (χ1v) is 8.31. The molecule has 8 heteroatoms. The van der Waals surface area contributed by atoms with Crippen LogP contribution in [0.2, 0.25) is 0 Å². The van der Waals surface area contributed by atoms with Crippen LogP contribution in [0.5, 0.6) is 0 Å². The maximum absolute atomic E-state index is 12.8. The number of halogens is 3. The zero-order valence-electron chi connectivity index (χ0n) is 14.0. The SMILES string of the molecule is CCCOCCC(=O)N1CCn2c(cc3cc(C(F)(F)F)cnc32)C1. The Balaban J connectivity index is 1.74. The summed E-state index contributed by atoms with van der Waals surface area (Å²) in [7, 11) is 0. The Morgan fingerprint density at radius 3 is 2.80 bits per heavy atom. The fourth-order valence-electron chi connectivity index (χ4n) is 3.01. The summed E-state index contributed by atoms with van der Waals surface area (Å²) in [5, 5.41) is 0.449. The van der Waals surface area contributed by atoms with Crippen LogP contribution in [0.3, 0.4) is 0 Å². The van der Waals surface area contributed by atoms with Gasteiger partial charge in [0.25, 0.3) is 0 Å². The van der Waals surface area contributed by atoms with Crippen molar-refractivity contribution in [3.05, 3.63) is 29.6 Å². The molecule has 25 heavy (non-hydrogen) atoms. The number of carbonyl (C=O) groups is 1. The normalized spacial score (nSPS) is 14.8. The van der Waals surface area contributed by atoms with Gasteiger partial charge in [-0.15, -0.1) is 0 Å². The van der Waals surface area contributed by atoms with Crippen LogP contribution in [0.25, 0.3) is 11.0 Å². The zero-order chi connectivity index (χ0) is 18.0. The van der Waals surface area contributed by atoms with Crippen molar-refractivity contribution < 1.29 is 22.7 Å². The van der Waals surface area contributed by atoms with E-state index in [-0.39, 0.29) is 5.91 Å². The fourth-order valence-corrected chi connectivity index (χ4v) is 3.01. The van der Waals surface area contributed by atoms with E-state index in [9.17, 15) is 18.0 Å². The quantitative estimate of drug-likeness (QED) is 0.774. The number of nitrogens with zero attached hydrogens (tertiary/aromatic N) is 3. The summed E-state index contributed by atoms with van der Waals surface area (Å²) in [4.78, 5) is 17.9. The van der Waals surface area contributed by atoms with Crippen LogP contribution in [0, 0.1) is 0 Å². The molecule has 0 N–H and O–H groups in total. The Kier molecular flexibility index (Phi) is 4.99. The van der Waals surface area contributed by atoms with E-state index in [2.05, 4.69) is 4.98 Å². The lowest BCUT2D eigenvalue weighted by atomic mass is 10.2. The van der Waals surface area contributed by atoms with Crippen LogP contribution >= 0.6 is 0 Å². The molecule has 0 saturated carbocycles. The van der Waals surface area contributed by atoms with Gasteiger partial charge in [-0.1, -0.05) is 6.92 Å². The first kappa shape index (κ1) is 17.7. The highest BCUT2D eigenvalue weighted by atomic mass is 19.4. The molecule has 2 aromatic rings. The molecule has 1 aliphatic heterocycles. The minimum Gasteiger partial charge on any atom is -0.381 e. The molecule has 0 fully saturated rings. The van der Waals surface area contributed by atoms with Crippen LogP contribution in [-0.4, -0.2) is 40.1 Å². The van der Waals surface area contributed by atoms with Gasteiger partial charge in [-0.05, 0) is 18.6 Å². The Labute approximate surface area is 143 Å². The molecule has 0 saturated heterocycles. The second-order valence-electron chi connectivity index (χ2n) is 6.10. The van der Waals surface area contributed by atoms with Gasteiger partial charge in [0.2, 0.25) is 5.91 Å². The Morgan fingerprint density at radius 2 is 2.08 bits per heavy atom. The third-order valence-electron chi connectivity index (χ3n) is 4.25. The van der Waals surface area contributed by atoms with Gasteiger partial charge >= 0.3 is 6.18 Å². The summed E-state index contributed by atoms with van der Waals surface area (Å²) < 4.78 is 45.7. The second-order valence-corrected chi connectivity index (χ2v) is 6.10. The van der Waals surface area contributed by atoms with Gasteiger partial charge in [0.1, 0.15) is 5.65 Å². The lowest BCUT2D eigenvalue weighted by Crippen LogP contribution is -2.38. The summed E-state index contributed by atoms with van der Waals surface area (Å²) in [5.74, 6) is -0.00320. The molecule has 1 aliphatic rings. The van der Waals surface area contributed by atoms with Gasteiger partial charge in [-0.2, -0.15) is 13.2 Å². The molecule has 3 rings (SSSR count). The minimum atomic E-state index is -4.41. The second kappa shape index (κ2) is 7.03. The van der Waals surface area contributed by atoms with Gasteiger partial charge < -0.3 is 14.2 Å². The van der Waals surface area contributed by atoms with E-state index in [1.54, 1.807) is 11.0 Å². The van der Waals surface area contributed by atoms with Crippen molar-refractivity contribution in [1.82, 2.24) is 14.5 Å². The van der Waals surface area contributed by atoms with Crippen molar-refractivity contribution in [2.24, 2.45) is 0 Å². The van der Waals surface area contributed by atoms with Crippen molar-refractivity contribution >= 4 is 16.9 Å². The Bertz CT molecular complexity index is 770. The average molecular weight is 355 g/mol. The van der Waals surface area contributed by atoms with E-state index in [1.165, 1.54) is 0 Å². The van der Waals surface area contributed by atoms with Crippen LogP contribution in [0.15, 0.2) is 18.3 Å². The van der Waals surface area contributed by atoms with Crippen LogP contribution in [0.1, 0.15) is 31.0 Å². The summed E-state index contributed by atoms with van der Waals surface area (Å²) in [6.45, 7) is 4.45. The number of ether oxygens (including phenoxy) is 1. The van der Waals surface area contributed by atoms with Gasteiger partial charge in [0.05, 0.1) is 25.1 Å². The molecule has 136 valence electrons. The molecule has 0 spiro atoms. The predicted octanol–water partition coefficient (Wildman–Crippen LogP) is 3.21. The van der Waals surface area contributed by atoms with Gasteiger partial charge in [0, 0.05) is 37.0 Å². The summed E-state index contributed by atoms with van der Waals surface area (Å²) in [5.41, 5.74) is 0.571. The molecular formula is C17H20F3N3O2. The van der Waals surface area contributed by atoms with E-state index in [0.29, 0.717) is 50.3 Å². The largest absolute Gasteiger partial charge is 0.417 e. The number of alkyl halides is 3. The summed E-state index contributed by atoms with van der Waals surface area (Å²) in [6, 6.07) is 2.79. The summed E-state index contributed by atoms with van der Waals surface area (Å²) in [6.07, 6.45) is -2.33. The smallest absolute Gasteiger partial charge is 0.381 e. The number of aromatic nitrogens is 2. The van der Waals surface area contributed by atoms with E-state index in [0.717, 1.165) is 24.4 Å². The lowest BCUT2D eigenvalue weighted by Gasteiger charge is -2.28. The Morgan fingerprint density at radius 1 is 1.28 bits per heavy atom. The molecule has 0 radical (unpaired) electrons. The number of pyridine rings is 1. The molecule has 2 aromatic heterocycles. The number of amides is 1. The number of carbonyl (C=O) groups excluding carboxylic acids is 1. The highest BCUT2D eigenvalue weighted by Gasteiger charge is 2.32. The maximum Gasteiger partial charge on any atom is 0.417 e. The van der Waals surface area contributed by atoms with Crippen molar-refractivity contribution in [3.8, 4) is 0 Å². The first-order valence-electron chi connectivity index (χ1n) is 8.31. The zero-order valence-corrected chi connectivity index (χ0v) is 14.0. The molecule has 0 aromatic carbocycles. The lowest BCUT2D eigenvalue weighted by molar-refractivity contribution is -0.137. The van der Waals surface area contributed by atoms with E-state index >= 15 is 0 Å². The molecule has 0 aliphatic carbocycles. The highest BCUT2D eigenvalue weighted by molar-refractivity contribution is 5.80. The van der Waals surface area contributed by atoms with Crippen LogP contribution in [0.4, 0.5) is 13.2 Å². The molecule has 0 bridgehead atoms. The maximum atomic E-state index is 12.8. The highest BCUT2D eigenvalue weighted by Crippen LogP contribution is 2.32. The molecular weight excluding hydrogens is 335 g/mol. The Hall–Kier alpha value is -2.09. The van der Waals surface area contributed by atoms with E-state index < -0.39 is 11.7 Å². The van der Waals surface area contributed by atoms with Crippen LogP contribution < -0.4 is 0 Å². The number of hydrogen-bond acceptors (Lipinski definition) is 3. The van der Waals surface area contributed by atoms with E-state index in [4.69, 9.17) is 4.74 Å². The fraction of sp³-hybridized carbons (Fsp3) is 0.529. The van der Waals surface area contributed by atoms with Crippen molar-refractivity contribution in [2.75, 3.05) is 19.8 Å². The molecule has 5 nitrogen and oxygen atoms in total. The van der Waals surface area contributed by atoms with Crippen molar-refractivity contribution in [3.63, 3.8) is 0 Å². The van der Waals surface area contributed by atoms with Crippen LogP contribution in [-0.2, 0) is 28.8 Å². The third kappa shape index (κ3) is 3.78. The first-order chi connectivity index (χ1) is 11.9. The van der Waals surface area contributed by atoms with Gasteiger partial charge in [-0.3, -0.25) is 4.79 Å². The average Bonchev–Trinajstić information content (AvgIpc) is 2.94. The number of rotatable bonds is 5. The minimum absolute atomic E-state index is 0.00320. The third-order valence-corrected chi connectivity index (χ3v) is 4.25. The van der Waals surface area contributed by atoms with Crippen molar-refractivity contribution in [2.45, 2.75) is 39.0 Å². The summed E-state index contributed by atoms with van der Waals surface area (Å²) >= 11 is 0. The predicted molar refractivity (Wildman–Crippen MR) is 85.9 cm³/mol. The topological polar surface area (TPSA) is 47.4 Å². The van der Waals surface area contributed by atoms with Crippen molar-refractivity contribution in [1.29, 1.82) is 0 Å². The monoisotopic (exact) mass is 355 g/mol. The van der Waals surface area contributed by atoms with Gasteiger partial charge in [0.15, 0.2) is 0 Å². The molecule has 0 unspecified atom stereocenters. The standard InChI is InChI=1S/C17H20F3N3O2/c1-2-6-25-7-3-15(24)22-4-5-23-14(11-22)9-12-8-13(17(18,19)20)10-21-16(12)23/h8-10H,2-7,11H2,1H3. The van der Waals surface area contributed by atoms with E-state index in [1.807, 2.05) is 11.5 Å². The molecule has 1 amide bonds.